The van der Waals surface area contributed by atoms with Gasteiger partial charge in [-0.3, -0.25) is 9.89 Å². The minimum atomic E-state index is 0.0764. The number of carbonyl (C=O) groups excluding carboxylic acids is 1. The number of hydrogen-bond donors (Lipinski definition) is 1. The third kappa shape index (κ3) is 3.42. The SMILES string of the molecule is CC(=O)c1ccc2[nH]nc(-c3ccc(CC4CCN(C)CC4)cc3)c2c1. The smallest absolute Gasteiger partial charge is 0.159 e. The Bertz CT molecular complexity index is 918. The van der Waals surface area contributed by atoms with Crippen LogP contribution in [0.4, 0.5) is 0 Å². The van der Waals surface area contributed by atoms with Crippen molar-refractivity contribution < 1.29 is 4.79 Å². The van der Waals surface area contributed by atoms with E-state index in [9.17, 15) is 4.79 Å². The second kappa shape index (κ2) is 7.04. The van der Waals surface area contributed by atoms with Crippen molar-refractivity contribution in [3.05, 3.63) is 53.6 Å². The first kappa shape index (κ1) is 17.0. The molecule has 1 N–H and O–H groups in total. The van der Waals surface area contributed by atoms with Crippen LogP contribution in [0.3, 0.4) is 0 Å². The summed E-state index contributed by atoms with van der Waals surface area (Å²) in [6.45, 7) is 4.01. The molecule has 4 nitrogen and oxygen atoms in total. The highest BCUT2D eigenvalue weighted by atomic mass is 16.1. The van der Waals surface area contributed by atoms with E-state index < -0.39 is 0 Å². The molecule has 1 aliphatic heterocycles. The zero-order chi connectivity index (χ0) is 18.1. The zero-order valence-electron chi connectivity index (χ0n) is 15.5. The van der Waals surface area contributed by atoms with E-state index in [0.717, 1.165) is 40.1 Å². The number of aromatic nitrogens is 2. The number of H-pyrrole nitrogens is 1. The van der Waals surface area contributed by atoms with Crippen LogP contribution in [-0.4, -0.2) is 41.0 Å². The zero-order valence-corrected chi connectivity index (χ0v) is 15.5. The van der Waals surface area contributed by atoms with Crippen LogP contribution in [0.25, 0.3) is 22.2 Å². The molecule has 0 amide bonds. The second-order valence-corrected chi connectivity index (χ2v) is 7.54. The molecule has 0 atom stereocenters. The highest BCUT2D eigenvalue weighted by Gasteiger charge is 2.17. The number of piperidine rings is 1. The summed E-state index contributed by atoms with van der Waals surface area (Å²) in [6.07, 6.45) is 3.73. The number of aromatic amines is 1. The maximum atomic E-state index is 11.7. The Morgan fingerprint density at radius 1 is 1.15 bits per heavy atom. The molecule has 0 aliphatic carbocycles. The molecule has 2 aromatic carbocycles. The normalized spacial score (nSPS) is 16.2. The fourth-order valence-corrected chi connectivity index (χ4v) is 3.85. The van der Waals surface area contributed by atoms with Crippen LogP contribution in [-0.2, 0) is 6.42 Å². The molecule has 3 aromatic rings. The molecule has 4 heteroatoms. The van der Waals surface area contributed by atoms with Gasteiger partial charge in [0.15, 0.2) is 5.78 Å². The van der Waals surface area contributed by atoms with Gasteiger partial charge in [-0.15, -0.1) is 0 Å². The Hall–Kier alpha value is -2.46. The lowest BCUT2D eigenvalue weighted by atomic mass is 9.90. The minimum absolute atomic E-state index is 0.0764. The summed E-state index contributed by atoms with van der Waals surface area (Å²) in [4.78, 5) is 14.1. The van der Waals surface area contributed by atoms with Crippen molar-refractivity contribution in [1.29, 1.82) is 0 Å². The molecule has 134 valence electrons. The monoisotopic (exact) mass is 347 g/mol. The van der Waals surface area contributed by atoms with Crippen molar-refractivity contribution in [2.24, 2.45) is 5.92 Å². The van der Waals surface area contributed by atoms with E-state index in [4.69, 9.17) is 0 Å². The number of likely N-dealkylation sites (tertiary alicyclic amines) is 1. The third-order valence-corrected chi connectivity index (χ3v) is 5.56. The topological polar surface area (TPSA) is 49.0 Å². The van der Waals surface area contributed by atoms with Crippen LogP contribution in [0, 0.1) is 5.92 Å². The van der Waals surface area contributed by atoms with Gasteiger partial charge in [-0.2, -0.15) is 5.10 Å². The highest BCUT2D eigenvalue weighted by Crippen LogP contribution is 2.28. The number of benzene rings is 2. The molecule has 0 spiro atoms. The van der Waals surface area contributed by atoms with Gasteiger partial charge >= 0.3 is 0 Å². The van der Waals surface area contributed by atoms with Gasteiger partial charge in [-0.25, -0.2) is 0 Å². The quantitative estimate of drug-likeness (QED) is 0.715. The van der Waals surface area contributed by atoms with Crippen LogP contribution in [0.2, 0.25) is 0 Å². The summed E-state index contributed by atoms with van der Waals surface area (Å²) in [5.74, 6) is 0.869. The van der Waals surface area contributed by atoms with E-state index in [2.05, 4.69) is 46.4 Å². The van der Waals surface area contributed by atoms with Crippen molar-refractivity contribution >= 4 is 16.7 Å². The third-order valence-electron chi connectivity index (χ3n) is 5.56. The van der Waals surface area contributed by atoms with Crippen LogP contribution >= 0.6 is 0 Å². The van der Waals surface area contributed by atoms with E-state index in [1.807, 2.05) is 18.2 Å². The van der Waals surface area contributed by atoms with Gasteiger partial charge in [0.1, 0.15) is 0 Å². The Kier molecular flexibility index (Phi) is 4.60. The Balaban J connectivity index is 1.56. The highest BCUT2D eigenvalue weighted by molar-refractivity contribution is 6.01. The molecule has 0 radical (unpaired) electrons. The number of nitrogens with one attached hydrogen (secondary N) is 1. The Morgan fingerprint density at radius 2 is 1.88 bits per heavy atom. The van der Waals surface area contributed by atoms with E-state index in [1.165, 1.54) is 31.5 Å². The van der Waals surface area contributed by atoms with Crippen molar-refractivity contribution in [2.45, 2.75) is 26.2 Å². The lowest BCUT2D eigenvalue weighted by Gasteiger charge is -2.28. The van der Waals surface area contributed by atoms with E-state index in [0.29, 0.717) is 0 Å². The fraction of sp³-hybridized carbons (Fsp3) is 0.364. The molecular weight excluding hydrogens is 322 g/mol. The predicted octanol–water partition coefficient (Wildman–Crippen LogP) is 4.32. The lowest BCUT2D eigenvalue weighted by molar-refractivity contribution is 0.101. The van der Waals surface area contributed by atoms with Gasteiger partial charge in [0, 0.05) is 16.5 Å². The molecular formula is C22H25N3O. The summed E-state index contributed by atoms with van der Waals surface area (Å²) in [5.41, 5.74) is 5.07. The predicted molar refractivity (Wildman–Crippen MR) is 105 cm³/mol. The van der Waals surface area contributed by atoms with Crippen molar-refractivity contribution in [3.63, 3.8) is 0 Å². The average Bonchev–Trinajstić information content (AvgIpc) is 3.07. The summed E-state index contributed by atoms with van der Waals surface area (Å²) >= 11 is 0. The van der Waals surface area contributed by atoms with Gasteiger partial charge in [-0.05, 0) is 76.0 Å². The maximum absolute atomic E-state index is 11.7. The maximum Gasteiger partial charge on any atom is 0.159 e. The number of ketones is 1. The van der Waals surface area contributed by atoms with Crippen molar-refractivity contribution in [1.82, 2.24) is 15.1 Å². The molecule has 0 bridgehead atoms. The number of Topliss-reactive ketones (excluding diaryl/α,β-unsaturated/α-hetero) is 1. The van der Waals surface area contributed by atoms with Crippen LogP contribution in [0.1, 0.15) is 35.7 Å². The first-order chi connectivity index (χ1) is 12.6. The van der Waals surface area contributed by atoms with Crippen molar-refractivity contribution in [2.75, 3.05) is 20.1 Å². The summed E-state index contributed by atoms with van der Waals surface area (Å²) in [6, 6.07) is 14.5. The van der Waals surface area contributed by atoms with Gasteiger partial charge in [0.2, 0.25) is 0 Å². The van der Waals surface area contributed by atoms with Crippen molar-refractivity contribution in [3.8, 4) is 11.3 Å². The number of fused-ring (bicyclic) bond motifs is 1. The standard InChI is InChI=1S/C22H25N3O/c1-15(26)19-7-8-21-20(14-19)22(24-23-21)18-5-3-16(4-6-18)13-17-9-11-25(2)12-10-17/h3-8,14,17H,9-13H2,1-2H3,(H,23,24). The molecule has 4 rings (SSSR count). The van der Waals surface area contributed by atoms with Crippen LogP contribution in [0.5, 0.6) is 0 Å². The molecule has 26 heavy (non-hydrogen) atoms. The molecule has 0 saturated carbocycles. The second-order valence-electron chi connectivity index (χ2n) is 7.54. The van der Waals surface area contributed by atoms with E-state index >= 15 is 0 Å². The summed E-state index contributed by atoms with van der Waals surface area (Å²) in [5, 5.41) is 8.55. The number of rotatable bonds is 4. The van der Waals surface area contributed by atoms with E-state index in [-0.39, 0.29) is 5.78 Å². The van der Waals surface area contributed by atoms with E-state index in [1.54, 1.807) is 6.92 Å². The van der Waals surface area contributed by atoms with Gasteiger partial charge < -0.3 is 4.90 Å². The first-order valence-electron chi connectivity index (χ1n) is 9.37. The Morgan fingerprint density at radius 3 is 2.58 bits per heavy atom. The van der Waals surface area contributed by atoms with Gasteiger partial charge in [0.25, 0.3) is 0 Å². The van der Waals surface area contributed by atoms with Crippen LogP contribution < -0.4 is 0 Å². The molecule has 1 fully saturated rings. The lowest BCUT2D eigenvalue weighted by Crippen LogP contribution is -2.30. The number of carbonyl (C=O) groups is 1. The molecule has 1 saturated heterocycles. The summed E-state index contributed by atoms with van der Waals surface area (Å²) < 4.78 is 0. The first-order valence-corrected chi connectivity index (χ1v) is 9.37. The Labute approximate surface area is 154 Å². The molecule has 2 heterocycles. The largest absolute Gasteiger partial charge is 0.306 e. The minimum Gasteiger partial charge on any atom is -0.306 e. The molecule has 1 aliphatic rings. The van der Waals surface area contributed by atoms with Crippen LogP contribution in [0.15, 0.2) is 42.5 Å². The number of hydrogen-bond acceptors (Lipinski definition) is 3. The van der Waals surface area contributed by atoms with Gasteiger partial charge in [0.05, 0.1) is 11.2 Å². The number of nitrogens with zero attached hydrogens (tertiary/aromatic N) is 2. The summed E-state index contributed by atoms with van der Waals surface area (Å²) in [7, 11) is 2.21. The average molecular weight is 347 g/mol. The van der Waals surface area contributed by atoms with Gasteiger partial charge in [-0.1, -0.05) is 24.3 Å². The fourth-order valence-electron chi connectivity index (χ4n) is 3.85. The molecule has 0 unspecified atom stereocenters. The molecule has 1 aromatic heterocycles.